The molecule has 0 atom stereocenters. The fourth-order valence-electron chi connectivity index (χ4n) is 3.94. The van der Waals surface area contributed by atoms with Gasteiger partial charge < -0.3 is 19.8 Å². The van der Waals surface area contributed by atoms with E-state index in [-0.39, 0.29) is 25.0 Å². The fraction of sp³-hybridized carbons (Fsp3) is 0.480. The van der Waals surface area contributed by atoms with E-state index >= 15 is 0 Å². The van der Waals surface area contributed by atoms with Gasteiger partial charge >= 0.3 is 24.8 Å². The van der Waals surface area contributed by atoms with E-state index in [1.54, 1.807) is 12.1 Å². The first-order valence-corrected chi connectivity index (χ1v) is 11.0. The molecule has 32 heavy (non-hydrogen) atoms. The second-order valence-electron chi connectivity index (χ2n) is 8.83. The molecule has 3 rings (SSSR count). The molecule has 170 valence electrons. The molecular formula is C25H35LiN2O4. The summed E-state index contributed by atoms with van der Waals surface area (Å²) in [5.41, 5.74) is 1.88. The molecule has 0 saturated carbocycles. The number of hydrogen-bond acceptors (Lipinski definition) is 5. The van der Waals surface area contributed by atoms with Crippen LogP contribution in [0, 0.1) is 0 Å². The van der Waals surface area contributed by atoms with Crippen LogP contribution in [0.1, 0.15) is 49.0 Å². The summed E-state index contributed by atoms with van der Waals surface area (Å²) < 4.78 is 5.70. The minimum absolute atomic E-state index is 0. The van der Waals surface area contributed by atoms with E-state index in [4.69, 9.17) is 9.84 Å². The normalized spacial score (nSPS) is 15.8. The predicted molar refractivity (Wildman–Crippen MR) is 130 cm³/mol. The molecule has 1 aliphatic rings. The standard InChI is InChI=1S/C25H34N2O4.Li.H/c1-19(2)31-23-10-8-22(9-11-23)26(3)15-12-25(30)13-16-27(17-14-25)18-20-4-6-21(7-5-20)24(28)29;;/h4-11,19,30H,12-18H2,1-3H3,(H,28,29);;. The first-order chi connectivity index (χ1) is 14.7. The summed E-state index contributed by atoms with van der Waals surface area (Å²) >= 11 is 0. The van der Waals surface area contributed by atoms with Gasteiger partial charge in [-0.25, -0.2) is 4.79 Å². The number of piperidine rings is 1. The van der Waals surface area contributed by atoms with E-state index in [1.165, 1.54) is 0 Å². The molecule has 2 aromatic carbocycles. The number of aromatic carboxylic acids is 1. The molecule has 0 aliphatic carbocycles. The van der Waals surface area contributed by atoms with Gasteiger partial charge in [0.2, 0.25) is 0 Å². The molecule has 0 amide bonds. The number of hydrogen-bond donors (Lipinski definition) is 2. The van der Waals surface area contributed by atoms with E-state index in [0.717, 1.165) is 62.4 Å². The summed E-state index contributed by atoms with van der Waals surface area (Å²) in [4.78, 5) is 15.5. The zero-order valence-electron chi connectivity index (χ0n) is 18.8. The van der Waals surface area contributed by atoms with Crippen LogP contribution in [0.3, 0.4) is 0 Å². The Labute approximate surface area is 203 Å². The second-order valence-corrected chi connectivity index (χ2v) is 8.83. The third-order valence-corrected chi connectivity index (χ3v) is 5.96. The Balaban J connectivity index is 0.00000363. The topological polar surface area (TPSA) is 73.2 Å². The van der Waals surface area contributed by atoms with Crippen LogP contribution in [-0.2, 0) is 6.54 Å². The third-order valence-electron chi connectivity index (χ3n) is 5.96. The number of nitrogens with zero attached hydrogens (tertiary/aromatic N) is 2. The third kappa shape index (κ3) is 7.56. The molecule has 1 saturated heterocycles. The first kappa shape index (κ1) is 26.3. The summed E-state index contributed by atoms with van der Waals surface area (Å²) in [7, 11) is 2.05. The Morgan fingerprint density at radius 3 is 2.22 bits per heavy atom. The van der Waals surface area contributed by atoms with Crippen LogP contribution in [0.2, 0.25) is 0 Å². The van der Waals surface area contributed by atoms with Crippen molar-refractivity contribution in [1.29, 1.82) is 0 Å². The Bertz CT molecular complexity index is 847. The Kier molecular flexibility index (Phi) is 9.66. The van der Waals surface area contributed by atoms with Gasteiger partial charge in [0.1, 0.15) is 5.75 Å². The number of carbonyl (C=O) groups is 1. The van der Waals surface area contributed by atoms with Crippen LogP contribution in [-0.4, -0.2) is 78.3 Å². The van der Waals surface area contributed by atoms with Crippen molar-refractivity contribution in [2.45, 2.75) is 51.4 Å². The van der Waals surface area contributed by atoms with Crippen molar-refractivity contribution >= 4 is 30.5 Å². The molecule has 2 N–H and O–H groups in total. The van der Waals surface area contributed by atoms with Gasteiger partial charge in [-0.2, -0.15) is 0 Å². The molecule has 0 aromatic heterocycles. The molecule has 1 heterocycles. The first-order valence-electron chi connectivity index (χ1n) is 11.0. The molecule has 6 nitrogen and oxygen atoms in total. The summed E-state index contributed by atoms with van der Waals surface area (Å²) in [6.45, 7) is 7.27. The van der Waals surface area contributed by atoms with Gasteiger partial charge in [0.05, 0.1) is 17.3 Å². The van der Waals surface area contributed by atoms with E-state index in [0.29, 0.717) is 5.56 Å². The van der Waals surface area contributed by atoms with Crippen molar-refractivity contribution in [2.24, 2.45) is 0 Å². The predicted octanol–water partition coefficient (Wildman–Crippen LogP) is 3.38. The number of anilines is 1. The van der Waals surface area contributed by atoms with Crippen LogP contribution in [0.25, 0.3) is 0 Å². The van der Waals surface area contributed by atoms with Gasteiger partial charge in [-0.15, -0.1) is 0 Å². The molecule has 7 heteroatoms. The van der Waals surface area contributed by atoms with Crippen LogP contribution in [0.15, 0.2) is 48.5 Å². The maximum atomic E-state index is 11.1. The zero-order chi connectivity index (χ0) is 22.4. The maximum absolute atomic E-state index is 11.1. The van der Waals surface area contributed by atoms with Crippen molar-refractivity contribution in [3.8, 4) is 5.75 Å². The second kappa shape index (κ2) is 11.8. The molecule has 2 aromatic rings. The van der Waals surface area contributed by atoms with Gasteiger partial charge in [-0.1, -0.05) is 12.1 Å². The number of carboxylic acid groups (broad SMARTS) is 1. The number of carboxylic acids is 1. The van der Waals surface area contributed by atoms with Gasteiger partial charge in [-0.05, 0) is 75.1 Å². The van der Waals surface area contributed by atoms with Crippen molar-refractivity contribution in [3.05, 3.63) is 59.7 Å². The van der Waals surface area contributed by atoms with Crippen LogP contribution >= 0.6 is 0 Å². The molecule has 0 spiro atoms. The number of rotatable bonds is 9. The average Bonchev–Trinajstić information content (AvgIpc) is 2.74. The van der Waals surface area contributed by atoms with Crippen molar-refractivity contribution in [3.63, 3.8) is 0 Å². The molecule has 1 aliphatic heterocycles. The summed E-state index contributed by atoms with van der Waals surface area (Å²) in [5, 5.41) is 20.1. The Morgan fingerprint density at radius 2 is 1.69 bits per heavy atom. The van der Waals surface area contributed by atoms with Gasteiger partial charge in [-0.3, -0.25) is 4.90 Å². The molecule has 0 bridgehead atoms. The van der Waals surface area contributed by atoms with Crippen LogP contribution in [0.5, 0.6) is 5.75 Å². The summed E-state index contributed by atoms with van der Waals surface area (Å²) in [6.07, 6.45) is 2.38. The fourth-order valence-corrected chi connectivity index (χ4v) is 3.94. The van der Waals surface area contributed by atoms with Gasteiger partial charge in [0.15, 0.2) is 0 Å². The Morgan fingerprint density at radius 1 is 1.09 bits per heavy atom. The van der Waals surface area contributed by atoms with Crippen molar-refractivity contribution in [2.75, 3.05) is 31.6 Å². The SMILES string of the molecule is CC(C)Oc1ccc(N(C)CCC2(O)CCN(Cc3ccc(C(=O)O)cc3)CC2)cc1.[LiH]. The summed E-state index contributed by atoms with van der Waals surface area (Å²) in [6, 6.07) is 15.1. The molecular weight excluding hydrogens is 399 g/mol. The number of likely N-dealkylation sites (tertiary alicyclic amines) is 1. The van der Waals surface area contributed by atoms with Crippen molar-refractivity contribution < 1.29 is 19.7 Å². The van der Waals surface area contributed by atoms with Gasteiger partial charge in [0.25, 0.3) is 0 Å². The van der Waals surface area contributed by atoms with Crippen LogP contribution < -0.4 is 9.64 Å². The zero-order valence-corrected chi connectivity index (χ0v) is 18.8. The molecule has 1 fully saturated rings. The van der Waals surface area contributed by atoms with E-state index in [1.807, 2.05) is 38.1 Å². The van der Waals surface area contributed by atoms with Crippen molar-refractivity contribution in [1.82, 2.24) is 4.90 Å². The van der Waals surface area contributed by atoms with Gasteiger partial charge in [0, 0.05) is 38.9 Å². The monoisotopic (exact) mass is 434 g/mol. The summed E-state index contributed by atoms with van der Waals surface area (Å²) in [5.74, 6) is -0.0323. The van der Waals surface area contributed by atoms with E-state index in [2.05, 4.69) is 29.0 Å². The quantitative estimate of drug-likeness (QED) is 0.590. The van der Waals surface area contributed by atoms with E-state index in [9.17, 15) is 9.90 Å². The molecule has 0 unspecified atom stereocenters. The molecule has 0 radical (unpaired) electrons. The van der Waals surface area contributed by atoms with Crippen LogP contribution in [0.4, 0.5) is 5.69 Å². The number of ether oxygens (including phenoxy) is 1. The minimum atomic E-state index is -0.903. The van der Waals surface area contributed by atoms with E-state index < -0.39 is 11.6 Å². The Hall–Kier alpha value is -1.97. The number of benzene rings is 2. The number of aliphatic hydroxyl groups is 1. The average molecular weight is 435 g/mol.